The van der Waals surface area contributed by atoms with Crippen molar-refractivity contribution in [2.45, 2.75) is 0 Å². The average Bonchev–Trinajstić information content (AvgIpc) is 2.05. The molecule has 3 N–H and O–H groups in total. The van der Waals surface area contributed by atoms with E-state index in [1.807, 2.05) is 0 Å². The van der Waals surface area contributed by atoms with E-state index < -0.39 is 0 Å². The van der Waals surface area contributed by atoms with E-state index in [4.69, 9.17) is 18.0 Å². The molecule has 0 bridgehead atoms. The zero-order chi connectivity index (χ0) is 8.27. The first-order chi connectivity index (χ1) is 5.24. The van der Waals surface area contributed by atoms with E-state index in [0.717, 1.165) is 0 Å². The zero-order valence-electron chi connectivity index (χ0n) is 6.03. The summed E-state index contributed by atoms with van der Waals surface area (Å²) in [6.45, 7) is 0. The number of hydrogen-bond acceptors (Lipinski definition) is 4. The van der Waals surface area contributed by atoms with Crippen molar-refractivity contribution < 1.29 is 0 Å². The highest BCUT2D eigenvalue weighted by Gasteiger charge is 1.98. The van der Waals surface area contributed by atoms with Gasteiger partial charge in [0.15, 0.2) is 0 Å². The molecule has 0 atom stereocenters. The lowest BCUT2D eigenvalue weighted by Crippen LogP contribution is -2.12. The first-order valence-corrected chi connectivity index (χ1v) is 3.44. The number of anilines is 1. The highest BCUT2D eigenvalue weighted by molar-refractivity contribution is 7.80. The third-order valence-corrected chi connectivity index (χ3v) is 1.35. The second-order valence-corrected chi connectivity index (χ2v) is 2.34. The lowest BCUT2D eigenvalue weighted by atomic mass is 10.4. The molecule has 58 valence electrons. The standard InChI is InChI=1S/C6H8N4S/c1-8-5-3-9-2-4(10-5)6(7)11/h2-3H,1H3,(H2,7,11)(H,8,10). The molecular weight excluding hydrogens is 160 g/mol. The fourth-order valence-electron chi connectivity index (χ4n) is 0.605. The Hall–Kier alpha value is -1.23. The summed E-state index contributed by atoms with van der Waals surface area (Å²) >= 11 is 4.72. The van der Waals surface area contributed by atoms with Crippen LogP contribution in [0.25, 0.3) is 0 Å². The molecule has 0 aromatic carbocycles. The van der Waals surface area contributed by atoms with Crippen molar-refractivity contribution in [1.29, 1.82) is 0 Å². The highest BCUT2D eigenvalue weighted by atomic mass is 32.1. The fraction of sp³-hybridized carbons (Fsp3) is 0.167. The summed E-state index contributed by atoms with van der Waals surface area (Å²) in [6, 6.07) is 0. The average molecular weight is 168 g/mol. The molecule has 0 fully saturated rings. The van der Waals surface area contributed by atoms with Gasteiger partial charge in [-0.05, 0) is 0 Å². The smallest absolute Gasteiger partial charge is 0.145 e. The summed E-state index contributed by atoms with van der Waals surface area (Å²) < 4.78 is 0. The molecule has 0 aliphatic heterocycles. The number of nitrogens with two attached hydrogens (primary N) is 1. The molecule has 0 saturated heterocycles. The Kier molecular flexibility index (Phi) is 2.32. The van der Waals surface area contributed by atoms with Gasteiger partial charge in [0, 0.05) is 7.05 Å². The molecule has 11 heavy (non-hydrogen) atoms. The topological polar surface area (TPSA) is 63.8 Å². The molecule has 1 aromatic heterocycles. The number of nitrogens with one attached hydrogen (secondary N) is 1. The Labute approximate surface area is 69.8 Å². The van der Waals surface area contributed by atoms with Crippen molar-refractivity contribution in [1.82, 2.24) is 9.97 Å². The maximum absolute atomic E-state index is 5.34. The van der Waals surface area contributed by atoms with Crippen LogP contribution in [0.15, 0.2) is 12.4 Å². The first-order valence-electron chi connectivity index (χ1n) is 3.03. The molecule has 1 rings (SSSR count). The van der Waals surface area contributed by atoms with Gasteiger partial charge in [0.1, 0.15) is 16.5 Å². The van der Waals surface area contributed by atoms with E-state index in [2.05, 4.69) is 15.3 Å². The van der Waals surface area contributed by atoms with E-state index in [-0.39, 0.29) is 4.99 Å². The quantitative estimate of drug-likeness (QED) is 0.615. The van der Waals surface area contributed by atoms with E-state index in [1.165, 1.54) is 6.20 Å². The normalized spacial score (nSPS) is 9.18. The first kappa shape index (κ1) is 7.87. The number of thiocarbonyl (C=S) groups is 1. The largest absolute Gasteiger partial charge is 0.388 e. The second-order valence-electron chi connectivity index (χ2n) is 1.90. The Morgan fingerprint density at radius 1 is 1.64 bits per heavy atom. The highest BCUT2D eigenvalue weighted by Crippen LogP contribution is 1.99. The number of nitrogens with zero attached hydrogens (tertiary/aromatic N) is 2. The third-order valence-electron chi connectivity index (χ3n) is 1.14. The van der Waals surface area contributed by atoms with Gasteiger partial charge >= 0.3 is 0 Å². The minimum Gasteiger partial charge on any atom is -0.388 e. The number of hydrogen-bond donors (Lipinski definition) is 2. The fourth-order valence-corrected chi connectivity index (χ4v) is 0.703. The van der Waals surface area contributed by atoms with Crippen LogP contribution in [0.3, 0.4) is 0 Å². The zero-order valence-corrected chi connectivity index (χ0v) is 6.85. The van der Waals surface area contributed by atoms with Crippen LogP contribution in [0.2, 0.25) is 0 Å². The summed E-state index contributed by atoms with van der Waals surface area (Å²) in [5.74, 6) is 0.662. The van der Waals surface area contributed by atoms with E-state index in [1.54, 1.807) is 13.2 Å². The molecule has 0 spiro atoms. The maximum atomic E-state index is 5.34. The van der Waals surface area contributed by atoms with Gasteiger partial charge in [-0.15, -0.1) is 0 Å². The minimum atomic E-state index is 0.259. The third kappa shape index (κ3) is 1.84. The van der Waals surface area contributed by atoms with Crippen LogP contribution in [-0.4, -0.2) is 22.0 Å². The molecule has 1 aromatic rings. The Balaban J connectivity index is 3.01. The molecule has 5 heteroatoms. The Morgan fingerprint density at radius 3 is 2.91 bits per heavy atom. The van der Waals surface area contributed by atoms with Gasteiger partial charge in [0.25, 0.3) is 0 Å². The molecule has 0 aliphatic carbocycles. The minimum absolute atomic E-state index is 0.259. The number of rotatable bonds is 2. The van der Waals surface area contributed by atoms with E-state index in [0.29, 0.717) is 11.5 Å². The maximum Gasteiger partial charge on any atom is 0.145 e. The predicted molar refractivity (Wildman–Crippen MR) is 47.5 cm³/mol. The summed E-state index contributed by atoms with van der Waals surface area (Å²) in [5, 5.41) is 2.83. The van der Waals surface area contributed by atoms with Crippen molar-refractivity contribution in [3.05, 3.63) is 18.1 Å². The molecule has 4 nitrogen and oxygen atoms in total. The SMILES string of the molecule is CNc1cncc(C(N)=S)n1. The molecule has 0 radical (unpaired) electrons. The van der Waals surface area contributed by atoms with Gasteiger partial charge in [-0.1, -0.05) is 12.2 Å². The van der Waals surface area contributed by atoms with Crippen molar-refractivity contribution >= 4 is 23.0 Å². The van der Waals surface area contributed by atoms with Crippen LogP contribution in [0.5, 0.6) is 0 Å². The molecule has 0 unspecified atom stereocenters. The van der Waals surface area contributed by atoms with E-state index >= 15 is 0 Å². The van der Waals surface area contributed by atoms with Crippen LogP contribution in [0.1, 0.15) is 5.69 Å². The van der Waals surface area contributed by atoms with Crippen molar-refractivity contribution in [3.8, 4) is 0 Å². The Morgan fingerprint density at radius 2 is 2.36 bits per heavy atom. The molecule has 0 amide bonds. The predicted octanol–water partition coefficient (Wildman–Crippen LogP) is 0.152. The van der Waals surface area contributed by atoms with Gasteiger partial charge in [-0.2, -0.15) is 0 Å². The summed E-state index contributed by atoms with van der Waals surface area (Å²) in [7, 11) is 1.76. The molecular formula is C6H8N4S. The van der Waals surface area contributed by atoms with Crippen LogP contribution in [-0.2, 0) is 0 Å². The second kappa shape index (κ2) is 3.25. The van der Waals surface area contributed by atoms with Gasteiger partial charge in [0.05, 0.1) is 12.4 Å². The monoisotopic (exact) mass is 168 g/mol. The van der Waals surface area contributed by atoms with Crippen LogP contribution in [0, 0.1) is 0 Å². The van der Waals surface area contributed by atoms with Crippen molar-refractivity contribution in [2.75, 3.05) is 12.4 Å². The van der Waals surface area contributed by atoms with Gasteiger partial charge in [-0.25, -0.2) is 4.98 Å². The molecule has 0 aliphatic rings. The van der Waals surface area contributed by atoms with Gasteiger partial charge < -0.3 is 11.1 Å². The van der Waals surface area contributed by atoms with Gasteiger partial charge in [-0.3, -0.25) is 4.98 Å². The van der Waals surface area contributed by atoms with Crippen molar-refractivity contribution in [3.63, 3.8) is 0 Å². The molecule has 0 saturated carbocycles. The summed E-state index contributed by atoms with van der Waals surface area (Å²) in [6.07, 6.45) is 3.13. The van der Waals surface area contributed by atoms with Crippen LogP contribution in [0.4, 0.5) is 5.82 Å². The van der Waals surface area contributed by atoms with Crippen LogP contribution >= 0.6 is 12.2 Å². The lowest BCUT2D eigenvalue weighted by molar-refractivity contribution is 1.17. The summed E-state index contributed by atoms with van der Waals surface area (Å²) in [5.41, 5.74) is 5.87. The lowest BCUT2D eigenvalue weighted by Gasteiger charge is -1.99. The van der Waals surface area contributed by atoms with Crippen LogP contribution < -0.4 is 11.1 Å². The Bertz CT molecular complexity index is 273. The molecule has 1 heterocycles. The van der Waals surface area contributed by atoms with Gasteiger partial charge in [0.2, 0.25) is 0 Å². The van der Waals surface area contributed by atoms with E-state index in [9.17, 15) is 0 Å². The summed E-state index contributed by atoms with van der Waals surface area (Å²) in [4.78, 5) is 8.19. The number of aromatic nitrogens is 2. The van der Waals surface area contributed by atoms with Crippen molar-refractivity contribution in [2.24, 2.45) is 5.73 Å².